The van der Waals surface area contributed by atoms with E-state index in [9.17, 15) is 0 Å². The van der Waals surface area contributed by atoms with Gasteiger partial charge < -0.3 is 15.2 Å². The molecule has 3 rings (SSSR count). The Hall–Kier alpha value is -1.54. The molecule has 1 saturated carbocycles. The van der Waals surface area contributed by atoms with Gasteiger partial charge in [0.15, 0.2) is 11.1 Å². The van der Waals surface area contributed by atoms with Crippen molar-refractivity contribution in [1.82, 2.24) is 25.4 Å². The summed E-state index contributed by atoms with van der Waals surface area (Å²) in [5.41, 5.74) is 0.0811. The van der Waals surface area contributed by atoms with Gasteiger partial charge in [0.2, 0.25) is 0 Å². The van der Waals surface area contributed by atoms with Crippen LogP contribution in [0.25, 0.3) is 0 Å². The molecule has 0 aromatic carbocycles. The van der Waals surface area contributed by atoms with E-state index in [1.807, 2.05) is 7.05 Å². The smallest absolute Gasteiger partial charge is 0.191 e. The highest BCUT2D eigenvalue weighted by atomic mass is 32.2. The van der Waals surface area contributed by atoms with Gasteiger partial charge >= 0.3 is 0 Å². The summed E-state index contributed by atoms with van der Waals surface area (Å²) in [5, 5.41) is 19.0. The Balaban J connectivity index is 1.46. The van der Waals surface area contributed by atoms with Gasteiger partial charge in [-0.05, 0) is 37.0 Å². The Bertz CT molecular complexity index is 775. The molecule has 0 atom stereocenters. The van der Waals surface area contributed by atoms with E-state index in [1.165, 1.54) is 30.6 Å². The summed E-state index contributed by atoms with van der Waals surface area (Å²) < 4.78 is 2.40. The van der Waals surface area contributed by atoms with Crippen molar-refractivity contribution in [2.75, 3.05) is 26.4 Å². The van der Waals surface area contributed by atoms with Crippen molar-refractivity contribution in [2.45, 2.75) is 69.0 Å². The van der Waals surface area contributed by atoms with Crippen LogP contribution in [0.2, 0.25) is 0 Å². The average molecular weight is 435 g/mol. The number of guanidine groups is 1. The minimum atomic E-state index is 0.0811. The fourth-order valence-corrected chi connectivity index (χ4v) is 5.30. The van der Waals surface area contributed by atoms with E-state index >= 15 is 0 Å². The first kappa shape index (κ1) is 22.2. The Kier molecular flexibility index (Phi) is 8.00. The van der Waals surface area contributed by atoms with E-state index in [2.05, 4.69) is 68.0 Å². The molecule has 0 amide bonds. The van der Waals surface area contributed by atoms with Gasteiger partial charge in [0, 0.05) is 42.9 Å². The minimum absolute atomic E-state index is 0.0811. The number of aliphatic imine (C=N–C) groups is 1. The summed E-state index contributed by atoms with van der Waals surface area (Å²) in [6, 6.07) is 4.90. The molecule has 0 radical (unpaired) electrons. The van der Waals surface area contributed by atoms with Crippen LogP contribution in [0.1, 0.15) is 62.7 Å². The van der Waals surface area contributed by atoms with Gasteiger partial charge in [0.1, 0.15) is 5.82 Å². The van der Waals surface area contributed by atoms with Crippen molar-refractivity contribution < 1.29 is 0 Å². The largest absolute Gasteiger partial charge is 0.356 e. The SMILES string of the molecule is CN=C(NCCCc1nnc(SC)n1C1CCCC1)NCC(C)(C)c1cccs1. The fraction of sp³-hybridized carbons (Fsp3) is 0.667. The van der Waals surface area contributed by atoms with Crippen LogP contribution < -0.4 is 10.6 Å². The molecule has 0 bridgehead atoms. The van der Waals surface area contributed by atoms with Crippen LogP contribution in [-0.2, 0) is 11.8 Å². The van der Waals surface area contributed by atoms with Crippen LogP contribution in [0, 0.1) is 0 Å². The zero-order valence-corrected chi connectivity index (χ0v) is 19.7. The molecule has 2 heterocycles. The van der Waals surface area contributed by atoms with Gasteiger partial charge in [0.05, 0.1) is 0 Å². The summed E-state index contributed by atoms with van der Waals surface area (Å²) in [6.07, 6.45) is 9.20. The van der Waals surface area contributed by atoms with Crippen LogP contribution >= 0.6 is 23.1 Å². The van der Waals surface area contributed by atoms with Crippen molar-refractivity contribution in [3.05, 3.63) is 28.2 Å². The summed E-state index contributed by atoms with van der Waals surface area (Å²) in [4.78, 5) is 5.76. The molecule has 2 N–H and O–H groups in total. The Morgan fingerprint density at radius 1 is 1.31 bits per heavy atom. The van der Waals surface area contributed by atoms with Crippen LogP contribution in [0.3, 0.4) is 0 Å². The molecule has 2 aromatic rings. The summed E-state index contributed by atoms with van der Waals surface area (Å²) in [5.74, 6) is 1.99. The summed E-state index contributed by atoms with van der Waals surface area (Å²) in [6.45, 7) is 6.24. The van der Waals surface area contributed by atoms with Crippen LogP contribution in [-0.4, -0.2) is 47.1 Å². The second-order valence-electron chi connectivity index (χ2n) is 8.23. The van der Waals surface area contributed by atoms with Crippen molar-refractivity contribution in [3.63, 3.8) is 0 Å². The number of rotatable bonds is 9. The Morgan fingerprint density at radius 2 is 2.10 bits per heavy atom. The number of thioether (sulfide) groups is 1. The third-order valence-corrected chi connectivity index (χ3v) is 7.47. The molecule has 1 fully saturated rings. The molecule has 1 aliphatic carbocycles. The highest BCUT2D eigenvalue weighted by Crippen LogP contribution is 2.33. The Morgan fingerprint density at radius 3 is 2.76 bits per heavy atom. The van der Waals surface area contributed by atoms with Crippen LogP contribution in [0.5, 0.6) is 0 Å². The number of aryl methyl sites for hydroxylation is 1. The lowest BCUT2D eigenvalue weighted by Gasteiger charge is -2.25. The van der Waals surface area contributed by atoms with Gasteiger partial charge in [-0.2, -0.15) is 0 Å². The van der Waals surface area contributed by atoms with Gasteiger partial charge in [-0.1, -0.05) is 44.5 Å². The third-order valence-electron chi connectivity index (χ3n) is 5.59. The molecule has 2 aromatic heterocycles. The van der Waals surface area contributed by atoms with E-state index in [0.717, 1.165) is 42.9 Å². The van der Waals surface area contributed by atoms with E-state index in [1.54, 1.807) is 23.1 Å². The molecule has 0 unspecified atom stereocenters. The van der Waals surface area contributed by atoms with Gasteiger partial charge in [-0.25, -0.2) is 0 Å². The molecular formula is C21H34N6S2. The van der Waals surface area contributed by atoms with Crippen molar-refractivity contribution in [3.8, 4) is 0 Å². The quantitative estimate of drug-likeness (QED) is 0.267. The molecule has 0 saturated heterocycles. The predicted octanol–water partition coefficient (Wildman–Crippen LogP) is 4.25. The molecule has 0 spiro atoms. The molecular weight excluding hydrogens is 400 g/mol. The normalized spacial score (nSPS) is 15.8. The number of nitrogens with zero attached hydrogens (tertiary/aromatic N) is 4. The lowest BCUT2D eigenvalue weighted by atomic mass is 9.91. The zero-order valence-electron chi connectivity index (χ0n) is 18.1. The predicted molar refractivity (Wildman–Crippen MR) is 124 cm³/mol. The topological polar surface area (TPSA) is 67.1 Å². The van der Waals surface area contributed by atoms with E-state index in [-0.39, 0.29) is 5.41 Å². The van der Waals surface area contributed by atoms with Gasteiger partial charge in [0.25, 0.3) is 0 Å². The first-order chi connectivity index (χ1) is 14.0. The first-order valence-electron chi connectivity index (χ1n) is 10.5. The van der Waals surface area contributed by atoms with Crippen LogP contribution in [0.15, 0.2) is 27.7 Å². The standard InChI is InChI=1S/C21H34N6S2/c1-21(2,17-11-8-14-29-17)15-24-19(22-3)23-13-7-12-18-25-26-20(28-4)27(18)16-9-5-6-10-16/h8,11,14,16H,5-7,9-10,12-13,15H2,1-4H3,(H2,22,23,24). The summed E-state index contributed by atoms with van der Waals surface area (Å²) in [7, 11) is 1.83. The van der Waals surface area contributed by atoms with Crippen molar-refractivity contribution in [1.29, 1.82) is 0 Å². The number of nitrogens with one attached hydrogen (secondary N) is 2. The first-order valence-corrected chi connectivity index (χ1v) is 12.6. The third kappa shape index (κ3) is 5.75. The highest BCUT2D eigenvalue weighted by molar-refractivity contribution is 7.98. The molecule has 6 nitrogen and oxygen atoms in total. The van der Waals surface area contributed by atoms with Crippen LogP contribution in [0.4, 0.5) is 0 Å². The number of hydrogen-bond acceptors (Lipinski definition) is 5. The van der Waals surface area contributed by atoms with Crippen molar-refractivity contribution in [2.24, 2.45) is 4.99 Å². The molecule has 8 heteroatoms. The highest BCUT2D eigenvalue weighted by Gasteiger charge is 2.24. The lowest BCUT2D eigenvalue weighted by molar-refractivity contribution is 0.460. The molecule has 0 aliphatic heterocycles. The second kappa shape index (κ2) is 10.5. The maximum Gasteiger partial charge on any atom is 0.191 e. The summed E-state index contributed by atoms with van der Waals surface area (Å²) >= 11 is 3.51. The van der Waals surface area contributed by atoms with Gasteiger partial charge in [-0.15, -0.1) is 21.5 Å². The molecule has 29 heavy (non-hydrogen) atoms. The monoisotopic (exact) mass is 434 g/mol. The zero-order chi connectivity index (χ0) is 20.7. The lowest BCUT2D eigenvalue weighted by Crippen LogP contribution is -2.43. The van der Waals surface area contributed by atoms with E-state index < -0.39 is 0 Å². The second-order valence-corrected chi connectivity index (χ2v) is 9.95. The molecule has 160 valence electrons. The van der Waals surface area contributed by atoms with Crippen molar-refractivity contribution >= 4 is 29.1 Å². The number of aromatic nitrogens is 3. The van der Waals surface area contributed by atoms with E-state index in [0.29, 0.717) is 6.04 Å². The molecule has 1 aliphatic rings. The Labute approximate surface area is 183 Å². The van der Waals surface area contributed by atoms with Gasteiger partial charge in [-0.3, -0.25) is 4.99 Å². The van der Waals surface area contributed by atoms with E-state index in [4.69, 9.17) is 0 Å². The average Bonchev–Trinajstić information content (AvgIpc) is 3.48. The minimum Gasteiger partial charge on any atom is -0.356 e. The number of hydrogen-bond donors (Lipinski definition) is 2. The fourth-order valence-electron chi connectivity index (χ4n) is 3.88. The number of thiophene rings is 1. The maximum absolute atomic E-state index is 4.49. The maximum atomic E-state index is 4.49.